The van der Waals surface area contributed by atoms with Crippen LogP contribution < -0.4 is 5.32 Å². The zero-order chi connectivity index (χ0) is 18.6. The number of hydrogen-bond acceptors (Lipinski definition) is 3. The summed E-state index contributed by atoms with van der Waals surface area (Å²) in [5.41, 5.74) is 3.21. The molecule has 138 valence electrons. The maximum absolute atomic E-state index is 9.34. The summed E-state index contributed by atoms with van der Waals surface area (Å²) in [7, 11) is 0. The van der Waals surface area contributed by atoms with Crippen LogP contribution in [0.15, 0.2) is 73.1 Å². The van der Waals surface area contributed by atoms with Crippen LogP contribution in [0.1, 0.15) is 29.9 Å². The van der Waals surface area contributed by atoms with Crippen molar-refractivity contribution in [3.05, 3.63) is 84.4 Å². The van der Waals surface area contributed by atoms with Gasteiger partial charge in [-0.05, 0) is 55.0 Å². The molecule has 2 unspecified atom stereocenters. The highest BCUT2D eigenvalue weighted by molar-refractivity contribution is 7.80. The van der Waals surface area contributed by atoms with Crippen LogP contribution in [0.25, 0.3) is 5.69 Å². The van der Waals surface area contributed by atoms with Crippen LogP contribution in [-0.4, -0.2) is 37.8 Å². The zero-order valence-corrected chi connectivity index (χ0v) is 15.7. The van der Waals surface area contributed by atoms with Crippen molar-refractivity contribution in [3.63, 3.8) is 0 Å². The van der Waals surface area contributed by atoms with E-state index >= 15 is 0 Å². The van der Waals surface area contributed by atoms with Crippen LogP contribution in [0.5, 0.6) is 0 Å². The third-order valence-corrected chi connectivity index (χ3v) is 5.22. The summed E-state index contributed by atoms with van der Waals surface area (Å²) < 4.78 is 2.20. The summed E-state index contributed by atoms with van der Waals surface area (Å²) in [4.78, 5) is 6.73. The lowest BCUT2D eigenvalue weighted by Crippen LogP contribution is -2.31. The Bertz CT molecular complexity index is 897. The van der Waals surface area contributed by atoms with Crippen LogP contribution in [0.3, 0.4) is 0 Å². The zero-order valence-electron chi connectivity index (χ0n) is 14.9. The molecule has 0 bridgehead atoms. The second kappa shape index (κ2) is 7.90. The van der Waals surface area contributed by atoms with Gasteiger partial charge in [0.1, 0.15) is 0 Å². The largest absolute Gasteiger partial charge is 0.396 e. The molecular weight excluding hydrogens is 356 g/mol. The first kappa shape index (κ1) is 17.7. The van der Waals surface area contributed by atoms with Gasteiger partial charge >= 0.3 is 0 Å². The quantitative estimate of drug-likeness (QED) is 0.645. The van der Waals surface area contributed by atoms with Crippen molar-refractivity contribution >= 4 is 17.3 Å². The number of rotatable bonds is 6. The van der Waals surface area contributed by atoms with E-state index in [0.29, 0.717) is 18.1 Å². The predicted octanol–water partition coefficient (Wildman–Crippen LogP) is 3.23. The molecule has 1 saturated heterocycles. The van der Waals surface area contributed by atoms with E-state index in [1.165, 1.54) is 0 Å². The van der Waals surface area contributed by atoms with Gasteiger partial charge in [-0.2, -0.15) is 0 Å². The fraction of sp³-hybridized carbons (Fsp3) is 0.238. The third-order valence-electron chi connectivity index (χ3n) is 4.87. The van der Waals surface area contributed by atoms with E-state index in [4.69, 9.17) is 12.2 Å². The van der Waals surface area contributed by atoms with Crippen LogP contribution in [0, 0.1) is 0 Å². The molecule has 1 aliphatic heterocycles. The summed E-state index contributed by atoms with van der Waals surface area (Å²) in [6, 6.07) is 20.4. The molecule has 0 aliphatic carbocycles. The molecule has 0 amide bonds. The average molecular weight is 379 g/mol. The summed E-state index contributed by atoms with van der Waals surface area (Å²) in [6.45, 7) is 0.829. The van der Waals surface area contributed by atoms with Gasteiger partial charge in [-0.15, -0.1) is 0 Å². The van der Waals surface area contributed by atoms with E-state index in [1.807, 2.05) is 42.6 Å². The number of thiocarbonyl (C=S) groups is 1. The highest BCUT2D eigenvalue weighted by Crippen LogP contribution is 2.39. The number of hydrogen-bond donors (Lipinski definition) is 2. The van der Waals surface area contributed by atoms with Gasteiger partial charge in [-0.1, -0.05) is 24.3 Å². The van der Waals surface area contributed by atoms with Gasteiger partial charge in [0.05, 0.1) is 17.8 Å². The third kappa shape index (κ3) is 3.46. The van der Waals surface area contributed by atoms with Crippen molar-refractivity contribution in [2.24, 2.45) is 0 Å². The van der Waals surface area contributed by atoms with Gasteiger partial charge in [-0.25, -0.2) is 0 Å². The predicted molar refractivity (Wildman–Crippen MR) is 110 cm³/mol. The Morgan fingerprint density at radius 2 is 1.85 bits per heavy atom. The van der Waals surface area contributed by atoms with Crippen molar-refractivity contribution < 1.29 is 5.11 Å². The summed E-state index contributed by atoms with van der Waals surface area (Å²) in [5, 5.41) is 13.5. The lowest BCUT2D eigenvalue weighted by molar-refractivity contribution is 0.245. The molecule has 2 N–H and O–H groups in total. The normalized spacial score (nSPS) is 19.3. The van der Waals surface area contributed by atoms with E-state index in [9.17, 15) is 5.11 Å². The lowest BCUT2D eigenvalue weighted by atomic mass is 10.0. The molecule has 6 heteroatoms. The topological polar surface area (TPSA) is 53.3 Å². The number of aliphatic hydroxyl groups excluding tert-OH is 1. The molecule has 27 heavy (non-hydrogen) atoms. The molecule has 2 aromatic heterocycles. The highest BCUT2D eigenvalue weighted by Gasteiger charge is 2.40. The minimum atomic E-state index is -0.0465. The number of nitrogens with zero attached hydrogens (tertiary/aromatic N) is 3. The molecule has 0 spiro atoms. The van der Waals surface area contributed by atoms with Crippen molar-refractivity contribution in [1.82, 2.24) is 19.8 Å². The van der Waals surface area contributed by atoms with Gasteiger partial charge < -0.3 is 19.9 Å². The van der Waals surface area contributed by atoms with Gasteiger partial charge in [0.25, 0.3) is 0 Å². The van der Waals surface area contributed by atoms with E-state index in [1.54, 1.807) is 0 Å². The molecular formula is C21H22N4OS. The van der Waals surface area contributed by atoms with E-state index in [0.717, 1.165) is 17.1 Å². The number of para-hydroxylation sites is 1. The van der Waals surface area contributed by atoms with Gasteiger partial charge in [-0.3, -0.25) is 4.98 Å². The second-order valence-corrected chi connectivity index (χ2v) is 6.92. The van der Waals surface area contributed by atoms with Crippen molar-refractivity contribution in [2.75, 3.05) is 13.2 Å². The summed E-state index contributed by atoms with van der Waals surface area (Å²) >= 11 is 5.64. The Balaban J connectivity index is 1.78. The Hall–Kier alpha value is -2.70. The van der Waals surface area contributed by atoms with Gasteiger partial charge in [0.15, 0.2) is 5.11 Å². The smallest absolute Gasteiger partial charge is 0.170 e. The molecule has 1 aromatic carbocycles. The molecule has 4 rings (SSSR count). The van der Waals surface area contributed by atoms with Crippen LogP contribution in [-0.2, 0) is 0 Å². The second-order valence-electron chi connectivity index (χ2n) is 6.54. The van der Waals surface area contributed by atoms with Crippen molar-refractivity contribution in [3.8, 4) is 5.69 Å². The maximum atomic E-state index is 9.34. The Morgan fingerprint density at radius 1 is 1.04 bits per heavy atom. The molecule has 2 atom stereocenters. The fourth-order valence-electron chi connectivity index (χ4n) is 3.67. The minimum Gasteiger partial charge on any atom is -0.396 e. The Kier molecular flexibility index (Phi) is 5.18. The molecule has 3 aromatic rings. The van der Waals surface area contributed by atoms with E-state index in [-0.39, 0.29) is 18.7 Å². The van der Waals surface area contributed by atoms with E-state index in [2.05, 4.69) is 50.2 Å². The number of nitrogens with one attached hydrogen (secondary N) is 1. The minimum absolute atomic E-state index is 0.00541. The Labute approximate surface area is 164 Å². The first-order valence-corrected chi connectivity index (χ1v) is 9.52. The SMILES string of the molecule is OCCCN1C(=S)NC(c2ccccn2)C1c1cccn1-c1ccccc1. The summed E-state index contributed by atoms with van der Waals surface area (Å²) in [6.07, 6.45) is 4.55. The molecule has 1 aliphatic rings. The fourth-order valence-corrected chi connectivity index (χ4v) is 4.00. The Morgan fingerprint density at radius 3 is 2.59 bits per heavy atom. The average Bonchev–Trinajstić information content (AvgIpc) is 3.32. The van der Waals surface area contributed by atoms with Gasteiger partial charge in [0.2, 0.25) is 0 Å². The van der Waals surface area contributed by atoms with Crippen LogP contribution in [0.2, 0.25) is 0 Å². The van der Waals surface area contributed by atoms with Crippen molar-refractivity contribution in [2.45, 2.75) is 18.5 Å². The molecule has 3 heterocycles. The first-order valence-electron chi connectivity index (χ1n) is 9.11. The highest BCUT2D eigenvalue weighted by atomic mass is 32.1. The molecule has 5 nitrogen and oxygen atoms in total. The van der Waals surface area contributed by atoms with Crippen LogP contribution in [0.4, 0.5) is 0 Å². The number of pyridine rings is 1. The van der Waals surface area contributed by atoms with Crippen LogP contribution >= 0.6 is 12.2 Å². The molecule has 1 fully saturated rings. The van der Waals surface area contributed by atoms with E-state index < -0.39 is 0 Å². The van der Waals surface area contributed by atoms with Gasteiger partial charge in [0, 0.05) is 36.9 Å². The molecule has 0 saturated carbocycles. The van der Waals surface area contributed by atoms with Crippen molar-refractivity contribution in [1.29, 1.82) is 0 Å². The maximum Gasteiger partial charge on any atom is 0.170 e. The first-order chi connectivity index (χ1) is 13.3. The standard InChI is InChI=1S/C21H22N4OS/c26-15-7-14-25-20(19(23-21(25)27)17-10-4-5-12-22-17)18-11-6-13-24(18)16-8-2-1-3-9-16/h1-6,8-13,19-20,26H,7,14-15H2,(H,23,27). The molecule has 0 radical (unpaired) electrons. The number of aliphatic hydroxyl groups is 1. The monoisotopic (exact) mass is 378 g/mol. The number of benzene rings is 1. The summed E-state index contributed by atoms with van der Waals surface area (Å²) in [5.74, 6) is 0. The number of aromatic nitrogens is 2. The lowest BCUT2D eigenvalue weighted by Gasteiger charge is -2.28.